The standard InChI is InChI=1S/C23H24FN3O2S/c1-13(18-9-14-2-3-16(18)8-14)27-20(28)10-29-22-21-19(11-30-23(21)26-12-25-22)15-4-6-17(24)7-5-15/h4-7,11-14,16,18H,2-3,8-10H2,1H3,(H,27,28)/t13-,14-,16-,18-/m0/s1. The van der Waals surface area contributed by atoms with Crippen molar-refractivity contribution in [2.75, 3.05) is 6.61 Å². The van der Waals surface area contributed by atoms with Crippen molar-refractivity contribution in [3.63, 3.8) is 0 Å². The van der Waals surface area contributed by atoms with Gasteiger partial charge in [0, 0.05) is 17.0 Å². The van der Waals surface area contributed by atoms with Crippen LogP contribution in [0.15, 0.2) is 36.0 Å². The first-order chi connectivity index (χ1) is 14.6. The van der Waals surface area contributed by atoms with Crippen LogP contribution in [0.2, 0.25) is 0 Å². The molecule has 2 heterocycles. The number of nitrogens with one attached hydrogen (secondary N) is 1. The van der Waals surface area contributed by atoms with Crippen LogP contribution in [-0.4, -0.2) is 28.5 Å². The summed E-state index contributed by atoms with van der Waals surface area (Å²) in [4.78, 5) is 21.9. The molecule has 156 valence electrons. The Morgan fingerprint density at radius 2 is 2.10 bits per heavy atom. The fraction of sp³-hybridized carbons (Fsp3) is 0.435. The van der Waals surface area contributed by atoms with Crippen LogP contribution in [0, 0.1) is 23.6 Å². The summed E-state index contributed by atoms with van der Waals surface area (Å²) in [6.07, 6.45) is 6.65. The number of fused-ring (bicyclic) bond motifs is 3. The molecular formula is C23H24FN3O2S. The molecule has 5 rings (SSSR count). The summed E-state index contributed by atoms with van der Waals surface area (Å²) in [5.74, 6) is 2.16. The number of aromatic nitrogens is 2. The van der Waals surface area contributed by atoms with E-state index in [9.17, 15) is 9.18 Å². The van der Waals surface area contributed by atoms with E-state index in [1.807, 2.05) is 5.38 Å². The minimum atomic E-state index is -0.285. The molecule has 2 aliphatic rings. The Hall–Kier alpha value is -2.54. The molecule has 1 amide bonds. The van der Waals surface area contributed by atoms with Crippen molar-refractivity contribution >= 4 is 27.5 Å². The monoisotopic (exact) mass is 425 g/mol. The van der Waals surface area contributed by atoms with E-state index in [-0.39, 0.29) is 24.4 Å². The SMILES string of the molecule is C[C@H](NC(=O)COc1ncnc2scc(-c3ccc(F)cc3)c12)[C@@H]1C[C@H]2CC[C@H]1C2. The van der Waals surface area contributed by atoms with Crippen LogP contribution >= 0.6 is 11.3 Å². The van der Waals surface area contributed by atoms with Crippen LogP contribution in [0.5, 0.6) is 5.88 Å². The first-order valence-corrected chi connectivity index (χ1v) is 11.4. The topological polar surface area (TPSA) is 64.1 Å². The quantitative estimate of drug-likeness (QED) is 0.615. The summed E-state index contributed by atoms with van der Waals surface area (Å²) >= 11 is 1.47. The van der Waals surface area contributed by atoms with Crippen molar-refractivity contribution in [2.24, 2.45) is 17.8 Å². The number of rotatable bonds is 6. The van der Waals surface area contributed by atoms with E-state index >= 15 is 0 Å². The van der Waals surface area contributed by atoms with Crippen LogP contribution in [-0.2, 0) is 4.79 Å². The molecule has 0 saturated heterocycles. The van der Waals surface area contributed by atoms with E-state index in [4.69, 9.17) is 4.74 Å². The van der Waals surface area contributed by atoms with Gasteiger partial charge < -0.3 is 10.1 Å². The molecule has 3 aromatic rings. The fourth-order valence-electron chi connectivity index (χ4n) is 5.24. The number of hydrogen-bond donors (Lipinski definition) is 1. The first kappa shape index (κ1) is 19.4. The minimum Gasteiger partial charge on any atom is -0.467 e. The number of benzene rings is 1. The average Bonchev–Trinajstić information content (AvgIpc) is 3.48. The maximum Gasteiger partial charge on any atom is 0.258 e. The molecule has 2 aliphatic carbocycles. The zero-order valence-corrected chi connectivity index (χ0v) is 17.6. The van der Waals surface area contributed by atoms with Gasteiger partial charge in [0.2, 0.25) is 5.88 Å². The third-order valence-corrected chi connectivity index (χ3v) is 7.54. The first-order valence-electron chi connectivity index (χ1n) is 10.5. The van der Waals surface area contributed by atoms with Gasteiger partial charge in [-0.25, -0.2) is 14.4 Å². The van der Waals surface area contributed by atoms with Gasteiger partial charge >= 0.3 is 0 Å². The lowest BCUT2D eigenvalue weighted by molar-refractivity contribution is -0.124. The van der Waals surface area contributed by atoms with Crippen LogP contribution in [0.4, 0.5) is 4.39 Å². The molecule has 1 N–H and O–H groups in total. The Morgan fingerprint density at radius 3 is 2.83 bits per heavy atom. The smallest absolute Gasteiger partial charge is 0.258 e. The van der Waals surface area contributed by atoms with Gasteiger partial charge in [0.1, 0.15) is 17.0 Å². The molecule has 0 aliphatic heterocycles. The molecule has 0 unspecified atom stereocenters. The Bertz CT molecular complexity index is 1070. The number of ether oxygens (including phenoxy) is 1. The van der Waals surface area contributed by atoms with Crippen molar-refractivity contribution in [3.8, 4) is 17.0 Å². The second-order valence-electron chi connectivity index (χ2n) is 8.50. The second kappa shape index (κ2) is 7.95. The summed E-state index contributed by atoms with van der Waals surface area (Å²) in [5, 5.41) is 5.83. The van der Waals surface area contributed by atoms with Gasteiger partial charge in [-0.15, -0.1) is 11.3 Å². The van der Waals surface area contributed by atoms with Crippen LogP contribution in [0.1, 0.15) is 32.6 Å². The van der Waals surface area contributed by atoms with Crippen molar-refractivity contribution in [3.05, 3.63) is 41.8 Å². The summed E-state index contributed by atoms with van der Waals surface area (Å²) in [5.41, 5.74) is 1.73. The minimum absolute atomic E-state index is 0.0873. The predicted molar refractivity (Wildman–Crippen MR) is 115 cm³/mol. The summed E-state index contributed by atoms with van der Waals surface area (Å²) in [6, 6.07) is 6.45. The predicted octanol–water partition coefficient (Wildman–Crippen LogP) is 4.82. The van der Waals surface area contributed by atoms with Crippen molar-refractivity contribution in [2.45, 2.75) is 38.6 Å². The Balaban J connectivity index is 1.29. The lowest BCUT2D eigenvalue weighted by Gasteiger charge is -2.28. The fourth-order valence-corrected chi connectivity index (χ4v) is 6.15. The average molecular weight is 426 g/mol. The molecule has 2 bridgehead atoms. The Morgan fingerprint density at radius 1 is 1.27 bits per heavy atom. The lowest BCUT2D eigenvalue weighted by atomic mass is 9.84. The van der Waals surface area contributed by atoms with Crippen molar-refractivity contribution in [1.29, 1.82) is 0 Å². The van der Waals surface area contributed by atoms with E-state index in [2.05, 4.69) is 22.2 Å². The van der Waals surface area contributed by atoms with E-state index in [0.717, 1.165) is 33.2 Å². The number of carbonyl (C=O) groups excluding carboxylic acids is 1. The lowest BCUT2D eigenvalue weighted by Crippen LogP contribution is -2.42. The van der Waals surface area contributed by atoms with Gasteiger partial charge in [-0.1, -0.05) is 18.6 Å². The van der Waals surface area contributed by atoms with Crippen LogP contribution < -0.4 is 10.1 Å². The zero-order chi connectivity index (χ0) is 20.7. The summed E-state index contributed by atoms with van der Waals surface area (Å²) in [7, 11) is 0. The molecule has 5 nitrogen and oxygen atoms in total. The summed E-state index contributed by atoms with van der Waals surface area (Å²) < 4.78 is 19.1. The largest absolute Gasteiger partial charge is 0.467 e. The van der Waals surface area contributed by atoms with E-state index in [0.29, 0.717) is 11.8 Å². The molecule has 4 atom stereocenters. The molecule has 2 saturated carbocycles. The number of thiophene rings is 1. The van der Waals surface area contributed by atoms with Crippen molar-refractivity contribution in [1.82, 2.24) is 15.3 Å². The third kappa shape index (κ3) is 3.67. The number of nitrogens with zero attached hydrogens (tertiary/aromatic N) is 2. The molecule has 0 spiro atoms. The number of amides is 1. The third-order valence-electron chi connectivity index (χ3n) is 6.65. The maximum absolute atomic E-state index is 13.3. The molecule has 0 radical (unpaired) electrons. The van der Waals surface area contributed by atoms with E-state index in [1.165, 1.54) is 55.5 Å². The molecule has 1 aromatic carbocycles. The molecule has 2 fully saturated rings. The summed E-state index contributed by atoms with van der Waals surface area (Å²) in [6.45, 7) is 2.02. The van der Waals surface area contributed by atoms with Crippen LogP contribution in [0.3, 0.4) is 0 Å². The maximum atomic E-state index is 13.3. The number of hydrogen-bond acceptors (Lipinski definition) is 5. The highest BCUT2D eigenvalue weighted by atomic mass is 32.1. The highest BCUT2D eigenvalue weighted by Crippen LogP contribution is 2.49. The molecular weight excluding hydrogens is 401 g/mol. The number of halogens is 1. The van der Waals surface area contributed by atoms with Crippen LogP contribution in [0.25, 0.3) is 21.3 Å². The van der Waals surface area contributed by atoms with E-state index in [1.54, 1.807) is 12.1 Å². The van der Waals surface area contributed by atoms with Crippen molar-refractivity contribution < 1.29 is 13.9 Å². The van der Waals surface area contributed by atoms with Gasteiger partial charge in [-0.2, -0.15) is 0 Å². The molecule has 30 heavy (non-hydrogen) atoms. The van der Waals surface area contributed by atoms with Gasteiger partial charge in [0.05, 0.1) is 5.39 Å². The van der Waals surface area contributed by atoms with Gasteiger partial charge in [-0.05, 0) is 61.6 Å². The molecule has 7 heteroatoms. The highest BCUT2D eigenvalue weighted by Gasteiger charge is 2.42. The molecule has 2 aromatic heterocycles. The normalized spacial score (nSPS) is 23.6. The Kier molecular flexibility index (Phi) is 5.15. The van der Waals surface area contributed by atoms with Gasteiger partial charge in [0.25, 0.3) is 5.91 Å². The van der Waals surface area contributed by atoms with E-state index < -0.39 is 0 Å². The Labute approximate surface area is 178 Å². The second-order valence-corrected chi connectivity index (χ2v) is 9.36. The highest BCUT2D eigenvalue weighted by molar-refractivity contribution is 7.17. The van der Waals surface area contributed by atoms with Gasteiger partial charge in [0.15, 0.2) is 6.61 Å². The van der Waals surface area contributed by atoms with Gasteiger partial charge in [-0.3, -0.25) is 4.79 Å². The zero-order valence-electron chi connectivity index (χ0n) is 16.8. The number of carbonyl (C=O) groups is 1.